The number of allylic oxidation sites excluding steroid dienone is 1. The van der Waals surface area contributed by atoms with Crippen molar-refractivity contribution in [3.8, 4) is 0 Å². The van der Waals surface area contributed by atoms with Crippen LogP contribution in [0.25, 0.3) is 0 Å². The zero-order valence-corrected chi connectivity index (χ0v) is 19.4. The fourth-order valence-corrected chi connectivity index (χ4v) is 3.22. The van der Waals surface area contributed by atoms with Gasteiger partial charge in [-0.15, -0.1) is 0 Å². The first kappa shape index (κ1) is 27.6. The molecule has 0 aliphatic rings. The molecule has 1 atom stereocenters. The molecule has 1 N–H and O–H groups in total. The van der Waals surface area contributed by atoms with Gasteiger partial charge in [0, 0.05) is 26.6 Å². The number of likely N-dealkylation sites (N-methyl/N-ethyl adjacent to an activating group) is 1. The molecule has 0 bridgehead atoms. The molecule has 0 saturated carbocycles. The van der Waals surface area contributed by atoms with Crippen LogP contribution < -0.4 is 0 Å². The minimum Gasteiger partial charge on any atom is -0.431 e. The van der Waals surface area contributed by atoms with Crippen LogP contribution >= 0.6 is 0 Å². The highest BCUT2D eigenvalue weighted by Crippen LogP contribution is 2.14. The van der Waals surface area contributed by atoms with Gasteiger partial charge in [0.25, 0.3) is 0 Å². The second-order valence-corrected chi connectivity index (χ2v) is 8.33. The highest BCUT2D eigenvalue weighted by Gasteiger charge is 2.07. The van der Waals surface area contributed by atoms with Crippen molar-refractivity contribution in [2.45, 2.75) is 116 Å². The largest absolute Gasteiger partial charge is 0.431 e. The number of hydrogen-bond donors (Lipinski definition) is 1. The lowest BCUT2D eigenvalue weighted by Crippen LogP contribution is -2.19. The van der Waals surface area contributed by atoms with Crippen LogP contribution in [0.4, 0.5) is 0 Å². The molecule has 0 aliphatic carbocycles. The third-order valence-electron chi connectivity index (χ3n) is 5.10. The van der Waals surface area contributed by atoms with Crippen molar-refractivity contribution < 1.29 is 19.4 Å². The van der Waals surface area contributed by atoms with E-state index in [9.17, 15) is 14.7 Å². The molecular formula is C24H45NO4. The number of unbranched alkanes of at least 4 members (excludes halogenated alkanes) is 10. The van der Waals surface area contributed by atoms with E-state index in [1.54, 1.807) is 21.0 Å². The molecule has 0 spiro atoms. The summed E-state index contributed by atoms with van der Waals surface area (Å²) in [5.74, 6) is -0.102. The van der Waals surface area contributed by atoms with Crippen molar-refractivity contribution in [2.75, 3.05) is 14.1 Å². The summed E-state index contributed by atoms with van der Waals surface area (Å²) >= 11 is 0. The molecule has 0 aromatic carbocycles. The van der Waals surface area contributed by atoms with Gasteiger partial charge in [-0.1, -0.05) is 77.6 Å². The lowest BCUT2D eigenvalue weighted by atomic mass is 10.0. The van der Waals surface area contributed by atoms with E-state index in [-0.39, 0.29) is 18.0 Å². The molecule has 5 nitrogen and oxygen atoms in total. The summed E-state index contributed by atoms with van der Waals surface area (Å²) in [5, 5.41) is 9.95. The van der Waals surface area contributed by atoms with E-state index in [2.05, 4.69) is 6.92 Å². The van der Waals surface area contributed by atoms with Gasteiger partial charge in [0.15, 0.2) is 0 Å². The van der Waals surface area contributed by atoms with Gasteiger partial charge in [-0.3, -0.25) is 9.59 Å². The Morgan fingerprint density at radius 2 is 1.34 bits per heavy atom. The van der Waals surface area contributed by atoms with Crippen LogP contribution in [0.15, 0.2) is 11.8 Å². The summed E-state index contributed by atoms with van der Waals surface area (Å²) in [5.41, 5.74) is 0. The number of carbonyl (C=O) groups excluding carboxylic acids is 2. The molecule has 0 saturated heterocycles. The highest BCUT2D eigenvalue weighted by atomic mass is 16.5. The highest BCUT2D eigenvalue weighted by molar-refractivity contribution is 5.87. The second kappa shape index (κ2) is 18.7. The first-order valence-corrected chi connectivity index (χ1v) is 11.6. The number of hydrogen-bond acceptors (Lipinski definition) is 4. The molecule has 0 fully saturated rings. The average molecular weight is 412 g/mol. The van der Waals surface area contributed by atoms with E-state index < -0.39 is 0 Å². The Morgan fingerprint density at radius 3 is 1.86 bits per heavy atom. The van der Waals surface area contributed by atoms with E-state index in [0.717, 1.165) is 44.9 Å². The second-order valence-electron chi connectivity index (χ2n) is 8.33. The minimum atomic E-state index is -0.265. The number of aliphatic hydroxyl groups excluding tert-OH is 1. The van der Waals surface area contributed by atoms with Gasteiger partial charge < -0.3 is 14.7 Å². The van der Waals surface area contributed by atoms with E-state index in [0.29, 0.717) is 12.2 Å². The van der Waals surface area contributed by atoms with E-state index in [1.807, 2.05) is 0 Å². The van der Waals surface area contributed by atoms with Gasteiger partial charge in [-0.25, -0.2) is 0 Å². The number of carbonyl (C=O) groups is 2. The quantitative estimate of drug-likeness (QED) is 0.135. The topological polar surface area (TPSA) is 66.8 Å². The van der Waals surface area contributed by atoms with Crippen LogP contribution in [0.1, 0.15) is 110 Å². The monoisotopic (exact) mass is 411 g/mol. The fourth-order valence-electron chi connectivity index (χ4n) is 3.22. The smallest absolute Gasteiger partial charge is 0.310 e. The average Bonchev–Trinajstić information content (AvgIpc) is 2.66. The van der Waals surface area contributed by atoms with Crippen molar-refractivity contribution in [3.05, 3.63) is 11.8 Å². The molecule has 0 rings (SSSR count). The number of aliphatic hydroxyl groups is 1. The zero-order chi connectivity index (χ0) is 21.9. The molecule has 0 aliphatic heterocycles. The maximum absolute atomic E-state index is 11.8. The molecule has 0 aromatic heterocycles. The number of nitrogens with zero attached hydrogens (tertiary/aromatic N) is 1. The number of esters is 1. The molecule has 1 unspecified atom stereocenters. The lowest BCUT2D eigenvalue weighted by Gasteiger charge is -2.10. The Labute approximate surface area is 178 Å². The SMILES string of the molecule is CCCCCCC(O)CCCCCCCCCCC(=O)O/C(C)=C\C(=O)N(C)C. The van der Waals surface area contributed by atoms with Crippen molar-refractivity contribution in [1.82, 2.24) is 4.90 Å². The standard InChI is InChI=1S/C24H45NO4/c1-5-6-7-14-17-22(26)18-15-12-10-8-9-11-13-16-19-24(28)29-21(2)20-23(27)25(3)4/h20,22,26H,5-19H2,1-4H3/b21-20-. The molecule has 0 aromatic rings. The summed E-state index contributed by atoms with van der Waals surface area (Å²) < 4.78 is 5.15. The van der Waals surface area contributed by atoms with Gasteiger partial charge >= 0.3 is 5.97 Å². The molecular weight excluding hydrogens is 366 g/mol. The summed E-state index contributed by atoms with van der Waals surface area (Å²) in [6.07, 6.45) is 17.5. The van der Waals surface area contributed by atoms with Crippen molar-refractivity contribution in [2.24, 2.45) is 0 Å². The summed E-state index contributed by atoms with van der Waals surface area (Å²) in [6.45, 7) is 3.84. The Hall–Kier alpha value is -1.36. The molecule has 0 heterocycles. The van der Waals surface area contributed by atoms with Crippen LogP contribution in [0, 0.1) is 0 Å². The van der Waals surface area contributed by atoms with Crippen molar-refractivity contribution >= 4 is 11.9 Å². The first-order valence-electron chi connectivity index (χ1n) is 11.6. The van der Waals surface area contributed by atoms with Crippen molar-refractivity contribution in [1.29, 1.82) is 0 Å². The predicted octanol–water partition coefficient (Wildman–Crippen LogP) is 5.75. The van der Waals surface area contributed by atoms with E-state index in [4.69, 9.17) is 4.74 Å². The maximum atomic E-state index is 11.8. The van der Waals surface area contributed by atoms with Gasteiger partial charge in [-0.2, -0.15) is 0 Å². The molecule has 5 heteroatoms. The fraction of sp³-hybridized carbons (Fsp3) is 0.833. The van der Waals surface area contributed by atoms with Gasteiger partial charge in [0.1, 0.15) is 5.76 Å². The molecule has 0 radical (unpaired) electrons. The number of amides is 1. The number of ether oxygens (including phenoxy) is 1. The zero-order valence-electron chi connectivity index (χ0n) is 19.4. The third-order valence-corrected chi connectivity index (χ3v) is 5.10. The van der Waals surface area contributed by atoms with E-state index in [1.165, 1.54) is 55.9 Å². The summed E-state index contributed by atoms with van der Waals surface area (Å²) in [6, 6.07) is 0. The van der Waals surface area contributed by atoms with Crippen LogP contribution in [0.3, 0.4) is 0 Å². The Balaban J connectivity index is 3.48. The van der Waals surface area contributed by atoms with Crippen LogP contribution in [0.5, 0.6) is 0 Å². The maximum Gasteiger partial charge on any atom is 0.310 e. The Kier molecular flexibility index (Phi) is 17.8. The van der Waals surface area contributed by atoms with Crippen LogP contribution in [-0.4, -0.2) is 42.1 Å². The predicted molar refractivity (Wildman–Crippen MR) is 119 cm³/mol. The van der Waals surface area contributed by atoms with E-state index >= 15 is 0 Å². The minimum absolute atomic E-state index is 0.105. The lowest BCUT2D eigenvalue weighted by molar-refractivity contribution is -0.139. The molecule has 29 heavy (non-hydrogen) atoms. The summed E-state index contributed by atoms with van der Waals surface area (Å²) in [4.78, 5) is 24.7. The van der Waals surface area contributed by atoms with Gasteiger partial charge in [0.2, 0.25) is 5.91 Å². The van der Waals surface area contributed by atoms with Crippen molar-refractivity contribution in [3.63, 3.8) is 0 Å². The molecule has 1 amide bonds. The normalized spacial score (nSPS) is 12.7. The first-order chi connectivity index (χ1) is 13.9. The van der Waals surface area contributed by atoms with Gasteiger partial charge in [0.05, 0.1) is 6.10 Å². The van der Waals surface area contributed by atoms with Crippen LogP contribution in [-0.2, 0) is 14.3 Å². The third kappa shape index (κ3) is 18.4. The summed E-state index contributed by atoms with van der Waals surface area (Å²) in [7, 11) is 3.32. The van der Waals surface area contributed by atoms with Gasteiger partial charge in [-0.05, 0) is 26.2 Å². The van der Waals surface area contributed by atoms with Crippen LogP contribution in [0.2, 0.25) is 0 Å². The molecule has 170 valence electrons. The Morgan fingerprint density at radius 1 is 0.862 bits per heavy atom. The number of rotatable bonds is 18. The Bertz CT molecular complexity index is 460.